The fraction of sp³-hybridized carbons (Fsp3) is 0.278. The summed E-state index contributed by atoms with van der Waals surface area (Å²) in [4.78, 5) is 27.5. The number of Topliss-reactive ketones (excluding diaryl/α,β-unsaturated/α-hetero) is 1. The zero-order valence-electron chi connectivity index (χ0n) is 12.3. The molecule has 2 heterocycles. The molecular formula is C18H18N2O2. The molecule has 112 valence electrons. The van der Waals surface area contributed by atoms with Gasteiger partial charge in [0.05, 0.1) is 0 Å². The minimum Gasteiger partial charge on any atom is -0.326 e. The van der Waals surface area contributed by atoms with Crippen molar-refractivity contribution >= 4 is 17.4 Å². The summed E-state index contributed by atoms with van der Waals surface area (Å²) in [6.45, 7) is 0. The van der Waals surface area contributed by atoms with Crippen LogP contribution < -0.4 is 5.32 Å². The molecular weight excluding hydrogens is 276 g/mol. The zero-order chi connectivity index (χ0) is 15.4. The Labute approximate surface area is 129 Å². The lowest BCUT2D eigenvalue weighted by Crippen LogP contribution is -2.19. The molecule has 1 amide bonds. The normalized spacial score (nSPS) is 13.4. The van der Waals surface area contributed by atoms with Gasteiger partial charge < -0.3 is 5.32 Å². The standard InChI is InChI=1S/C18H18N2O2/c21-16(10-14-2-1-9-19-12-14)7-4-13-3-5-15-6-8-18(22)20-17(15)11-13/h1-3,5,9,11-12H,4,6-8,10H2,(H,20,22). The third kappa shape index (κ3) is 3.58. The van der Waals surface area contributed by atoms with Crippen molar-refractivity contribution in [1.29, 1.82) is 0 Å². The van der Waals surface area contributed by atoms with Crippen molar-refractivity contribution in [3.05, 3.63) is 59.4 Å². The van der Waals surface area contributed by atoms with Gasteiger partial charge in [-0.15, -0.1) is 0 Å². The van der Waals surface area contributed by atoms with Crippen LogP contribution in [0.1, 0.15) is 29.5 Å². The van der Waals surface area contributed by atoms with Gasteiger partial charge in [-0.25, -0.2) is 0 Å². The van der Waals surface area contributed by atoms with E-state index < -0.39 is 0 Å². The van der Waals surface area contributed by atoms with Crippen LogP contribution in [0, 0.1) is 0 Å². The van der Waals surface area contributed by atoms with Crippen molar-refractivity contribution in [2.75, 3.05) is 5.32 Å². The monoisotopic (exact) mass is 294 g/mol. The summed E-state index contributed by atoms with van der Waals surface area (Å²) < 4.78 is 0. The van der Waals surface area contributed by atoms with E-state index in [2.05, 4.69) is 16.4 Å². The number of rotatable bonds is 5. The quantitative estimate of drug-likeness (QED) is 0.922. The Balaban J connectivity index is 1.58. The number of fused-ring (bicyclic) bond motifs is 1. The van der Waals surface area contributed by atoms with Crippen molar-refractivity contribution in [3.8, 4) is 0 Å². The number of nitrogens with one attached hydrogen (secondary N) is 1. The Hall–Kier alpha value is -2.49. The number of amides is 1. The third-order valence-electron chi connectivity index (χ3n) is 3.89. The van der Waals surface area contributed by atoms with E-state index in [0.717, 1.165) is 23.2 Å². The third-order valence-corrected chi connectivity index (χ3v) is 3.89. The molecule has 1 aliphatic heterocycles. The highest BCUT2D eigenvalue weighted by atomic mass is 16.1. The van der Waals surface area contributed by atoms with Crippen molar-refractivity contribution in [3.63, 3.8) is 0 Å². The summed E-state index contributed by atoms with van der Waals surface area (Å²) in [5.41, 5.74) is 4.10. The number of nitrogens with zero attached hydrogens (tertiary/aromatic N) is 1. The SMILES string of the molecule is O=C(CCc1ccc2c(c1)NC(=O)CC2)Cc1cccnc1. The van der Waals surface area contributed by atoms with Crippen LogP contribution in [0.3, 0.4) is 0 Å². The molecule has 3 rings (SSSR count). The van der Waals surface area contributed by atoms with E-state index in [-0.39, 0.29) is 11.7 Å². The minimum absolute atomic E-state index is 0.0669. The Kier molecular flexibility index (Phi) is 4.28. The minimum atomic E-state index is 0.0669. The number of hydrogen-bond donors (Lipinski definition) is 1. The number of carbonyl (C=O) groups is 2. The summed E-state index contributed by atoms with van der Waals surface area (Å²) in [6.07, 6.45) is 6.40. The molecule has 0 atom stereocenters. The molecule has 0 aliphatic carbocycles. The lowest BCUT2D eigenvalue weighted by atomic mass is 9.98. The second kappa shape index (κ2) is 6.52. The summed E-state index contributed by atoms with van der Waals surface area (Å²) in [5.74, 6) is 0.270. The number of aromatic nitrogens is 1. The fourth-order valence-corrected chi connectivity index (χ4v) is 2.68. The number of aryl methyl sites for hydroxylation is 2. The Bertz CT molecular complexity index is 695. The highest BCUT2D eigenvalue weighted by molar-refractivity contribution is 5.94. The number of carbonyl (C=O) groups excluding carboxylic acids is 2. The van der Waals surface area contributed by atoms with E-state index in [1.165, 1.54) is 5.56 Å². The van der Waals surface area contributed by atoms with Gasteiger partial charge >= 0.3 is 0 Å². The molecule has 0 unspecified atom stereocenters. The van der Waals surface area contributed by atoms with Crippen molar-refractivity contribution in [2.24, 2.45) is 0 Å². The highest BCUT2D eigenvalue weighted by Crippen LogP contribution is 2.24. The Morgan fingerprint density at radius 1 is 1.18 bits per heavy atom. The van der Waals surface area contributed by atoms with Crippen molar-refractivity contribution < 1.29 is 9.59 Å². The molecule has 1 aromatic heterocycles. The maximum Gasteiger partial charge on any atom is 0.224 e. The van der Waals surface area contributed by atoms with Gasteiger partial charge in [-0.2, -0.15) is 0 Å². The Morgan fingerprint density at radius 2 is 2.09 bits per heavy atom. The Morgan fingerprint density at radius 3 is 2.91 bits per heavy atom. The number of anilines is 1. The van der Waals surface area contributed by atoms with E-state index >= 15 is 0 Å². The van der Waals surface area contributed by atoms with Gasteiger partial charge in [-0.05, 0) is 41.7 Å². The van der Waals surface area contributed by atoms with Gasteiger partial charge in [0.2, 0.25) is 5.91 Å². The van der Waals surface area contributed by atoms with Gasteiger partial charge in [-0.3, -0.25) is 14.6 Å². The van der Waals surface area contributed by atoms with Gasteiger partial charge in [0.15, 0.2) is 0 Å². The van der Waals surface area contributed by atoms with Crippen molar-refractivity contribution in [2.45, 2.75) is 32.1 Å². The molecule has 0 bridgehead atoms. The molecule has 0 saturated carbocycles. The van der Waals surface area contributed by atoms with Crippen LogP contribution in [0.15, 0.2) is 42.7 Å². The summed E-state index contributed by atoms with van der Waals surface area (Å²) in [7, 11) is 0. The van der Waals surface area contributed by atoms with Gasteiger partial charge in [0, 0.05) is 37.3 Å². The predicted octanol–water partition coefficient (Wildman–Crippen LogP) is 2.71. The predicted molar refractivity (Wildman–Crippen MR) is 84.7 cm³/mol. The summed E-state index contributed by atoms with van der Waals surface area (Å²) >= 11 is 0. The smallest absolute Gasteiger partial charge is 0.224 e. The topological polar surface area (TPSA) is 59.1 Å². The second-order valence-electron chi connectivity index (χ2n) is 5.62. The van der Waals surface area contributed by atoms with Crippen LogP contribution >= 0.6 is 0 Å². The van der Waals surface area contributed by atoms with Crippen molar-refractivity contribution in [1.82, 2.24) is 4.98 Å². The summed E-state index contributed by atoms with van der Waals surface area (Å²) in [5, 5.41) is 2.90. The molecule has 2 aromatic rings. The molecule has 0 fully saturated rings. The van der Waals surface area contributed by atoms with Crippen LogP contribution in [0.4, 0.5) is 5.69 Å². The van der Waals surface area contributed by atoms with Crippen LogP contribution in [-0.4, -0.2) is 16.7 Å². The first-order valence-corrected chi connectivity index (χ1v) is 7.53. The lowest BCUT2D eigenvalue weighted by Gasteiger charge is -2.17. The fourth-order valence-electron chi connectivity index (χ4n) is 2.68. The summed E-state index contributed by atoms with van der Waals surface area (Å²) in [6, 6.07) is 9.85. The molecule has 0 saturated heterocycles. The van der Waals surface area contributed by atoms with E-state index in [9.17, 15) is 9.59 Å². The molecule has 1 N–H and O–H groups in total. The van der Waals surface area contributed by atoms with Crippen LogP contribution in [0.5, 0.6) is 0 Å². The first-order chi connectivity index (χ1) is 10.7. The van der Waals surface area contributed by atoms with E-state index in [1.54, 1.807) is 12.4 Å². The van der Waals surface area contributed by atoms with Gasteiger partial charge in [-0.1, -0.05) is 18.2 Å². The highest BCUT2D eigenvalue weighted by Gasteiger charge is 2.15. The molecule has 1 aliphatic rings. The largest absolute Gasteiger partial charge is 0.326 e. The second-order valence-corrected chi connectivity index (χ2v) is 5.62. The van der Waals surface area contributed by atoms with Crippen LogP contribution in [0.2, 0.25) is 0 Å². The molecule has 0 spiro atoms. The average molecular weight is 294 g/mol. The van der Waals surface area contributed by atoms with E-state index in [0.29, 0.717) is 25.7 Å². The average Bonchev–Trinajstić information content (AvgIpc) is 2.53. The maximum absolute atomic E-state index is 12.0. The number of pyridine rings is 1. The number of ketones is 1. The van der Waals surface area contributed by atoms with E-state index in [4.69, 9.17) is 0 Å². The van der Waals surface area contributed by atoms with Gasteiger partial charge in [0.1, 0.15) is 5.78 Å². The zero-order valence-corrected chi connectivity index (χ0v) is 12.3. The molecule has 0 radical (unpaired) electrons. The number of benzene rings is 1. The van der Waals surface area contributed by atoms with Gasteiger partial charge in [0.25, 0.3) is 0 Å². The first-order valence-electron chi connectivity index (χ1n) is 7.53. The molecule has 4 nitrogen and oxygen atoms in total. The molecule has 22 heavy (non-hydrogen) atoms. The molecule has 1 aromatic carbocycles. The lowest BCUT2D eigenvalue weighted by molar-refractivity contribution is -0.118. The number of hydrogen-bond acceptors (Lipinski definition) is 3. The van der Waals surface area contributed by atoms with Crippen LogP contribution in [-0.2, 0) is 28.9 Å². The van der Waals surface area contributed by atoms with E-state index in [1.807, 2.05) is 24.3 Å². The molecule has 4 heteroatoms. The van der Waals surface area contributed by atoms with Crippen LogP contribution in [0.25, 0.3) is 0 Å². The maximum atomic E-state index is 12.0. The first kappa shape index (κ1) is 14.4.